The number of ether oxygens (including phenoxy) is 1. The van der Waals surface area contributed by atoms with Crippen LogP contribution in [0.2, 0.25) is 0 Å². The van der Waals surface area contributed by atoms with E-state index < -0.39 is 0 Å². The minimum absolute atomic E-state index is 0.0332. The standard InChI is InChI=1S/C20H20N4O2/c25-19(21-16-6-2-1-3-7-16)14-26-17-11-9-15(10-12-17)20-23-22-18-8-4-5-13-24(18)20/h1-3,6-7,9-12H,4-5,8,13-14H2,(H,21,25). The Balaban J connectivity index is 1.37. The zero-order valence-electron chi connectivity index (χ0n) is 14.4. The third-order valence-electron chi connectivity index (χ3n) is 4.40. The van der Waals surface area contributed by atoms with E-state index in [1.807, 2.05) is 54.6 Å². The maximum absolute atomic E-state index is 11.9. The summed E-state index contributed by atoms with van der Waals surface area (Å²) in [5.74, 6) is 2.42. The number of hydrogen-bond acceptors (Lipinski definition) is 4. The van der Waals surface area contributed by atoms with Gasteiger partial charge in [-0.05, 0) is 49.2 Å². The second kappa shape index (κ2) is 7.39. The van der Waals surface area contributed by atoms with E-state index in [0.717, 1.165) is 42.3 Å². The lowest BCUT2D eigenvalue weighted by atomic mass is 10.1. The molecule has 0 spiro atoms. The van der Waals surface area contributed by atoms with Crippen molar-refractivity contribution in [2.45, 2.75) is 25.8 Å². The fourth-order valence-corrected chi connectivity index (χ4v) is 3.09. The van der Waals surface area contributed by atoms with Gasteiger partial charge in [0.25, 0.3) is 5.91 Å². The molecule has 3 aromatic rings. The van der Waals surface area contributed by atoms with Crippen LogP contribution in [0, 0.1) is 0 Å². The Hall–Kier alpha value is -3.15. The van der Waals surface area contributed by atoms with Gasteiger partial charge in [0.05, 0.1) is 0 Å². The molecule has 0 unspecified atom stereocenters. The molecule has 2 aromatic carbocycles. The van der Waals surface area contributed by atoms with Crippen LogP contribution in [0.1, 0.15) is 18.7 Å². The second-order valence-corrected chi connectivity index (χ2v) is 6.28. The zero-order valence-corrected chi connectivity index (χ0v) is 14.4. The molecule has 0 saturated carbocycles. The van der Waals surface area contributed by atoms with Crippen molar-refractivity contribution in [2.75, 3.05) is 11.9 Å². The number of carbonyl (C=O) groups excluding carboxylic acids is 1. The molecule has 6 heteroatoms. The molecular formula is C20H20N4O2. The number of benzene rings is 2. The topological polar surface area (TPSA) is 69.0 Å². The van der Waals surface area contributed by atoms with Crippen LogP contribution in [-0.2, 0) is 17.8 Å². The number of rotatable bonds is 5. The molecule has 4 rings (SSSR count). The summed E-state index contributed by atoms with van der Waals surface area (Å²) >= 11 is 0. The SMILES string of the molecule is O=C(COc1ccc(-c2nnc3n2CCCC3)cc1)Nc1ccccc1. The molecular weight excluding hydrogens is 328 g/mol. The minimum atomic E-state index is -0.188. The van der Waals surface area contributed by atoms with Gasteiger partial charge in [-0.2, -0.15) is 0 Å². The fourth-order valence-electron chi connectivity index (χ4n) is 3.09. The van der Waals surface area contributed by atoms with Crippen LogP contribution in [-0.4, -0.2) is 27.3 Å². The van der Waals surface area contributed by atoms with Gasteiger partial charge in [0, 0.05) is 24.2 Å². The molecule has 1 aliphatic rings. The molecule has 0 bridgehead atoms. The van der Waals surface area contributed by atoms with E-state index in [1.54, 1.807) is 0 Å². The van der Waals surface area contributed by atoms with Crippen LogP contribution in [0.25, 0.3) is 11.4 Å². The highest BCUT2D eigenvalue weighted by Gasteiger charge is 2.16. The van der Waals surface area contributed by atoms with Gasteiger partial charge in [0.2, 0.25) is 0 Å². The van der Waals surface area contributed by atoms with E-state index in [0.29, 0.717) is 5.75 Å². The fraction of sp³-hybridized carbons (Fsp3) is 0.250. The summed E-state index contributed by atoms with van der Waals surface area (Å²) in [6.45, 7) is 0.935. The smallest absolute Gasteiger partial charge is 0.262 e. The van der Waals surface area contributed by atoms with Gasteiger partial charge in [-0.3, -0.25) is 4.79 Å². The number of anilines is 1. The van der Waals surface area contributed by atoms with E-state index in [9.17, 15) is 4.79 Å². The maximum Gasteiger partial charge on any atom is 0.262 e. The second-order valence-electron chi connectivity index (χ2n) is 6.28. The Morgan fingerprint density at radius 1 is 1.04 bits per heavy atom. The number of aryl methyl sites for hydroxylation is 1. The molecule has 1 aliphatic heterocycles. The van der Waals surface area contributed by atoms with Gasteiger partial charge in [-0.15, -0.1) is 10.2 Å². The lowest BCUT2D eigenvalue weighted by Crippen LogP contribution is -2.20. The first kappa shape index (κ1) is 16.3. The molecule has 132 valence electrons. The minimum Gasteiger partial charge on any atom is -0.484 e. The summed E-state index contributed by atoms with van der Waals surface area (Å²) in [6.07, 6.45) is 3.33. The van der Waals surface area contributed by atoms with Crippen LogP contribution < -0.4 is 10.1 Å². The maximum atomic E-state index is 11.9. The summed E-state index contributed by atoms with van der Waals surface area (Å²) in [6, 6.07) is 17.0. The largest absolute Gasteiger partial charge is 0.484 e. The van der Waals surface area contributed by atoms with Crippen molar-refractivity contribution in [3.05, 3.63) is 60.4 Å². The van der Waals surface area contributed by atoms with Crippen LogP contribution in [0.3, 0.4) is 0 Å². The van der Waals surface area contributed by atoms with Crippen molar-refractivity contribution in [3.63, 3.8) is 0 Å². The lowest BCUT2D eigenvalue weighted by Gasteiger charge is -2.14. The number of nitrogens with one attached hydrogen (secondary N) is 1. The number of nitrogens with zero attached hydrogens (tertiary/aromatic N) is 3. The first-order valence-corrected chi connectivity index (χ1v) is 8.80. The predicted molar refractivity (Wildman–Crippen MR) is 99.0 cm³/mol. The van der Waals surface area contributed by atoms with Crippen molar-refractivity contribution < 1.29 is 9.53 Å². The average Bonchev–Trinajstić information content (AvgIpc) is 3.12. The predicted octanol–water partition coefficient (Wildman–Crippen LogP) is 3.30. The highest BCUT2D eigenvalue weighted by Crippen LogP contribution is 2.24. The normalized spacial score (nSPS) is 13.1. The Labute approximate surface area is 151 Å². The third kappa shape index (κ3) is 3.59. The molecule has 1 N–H and O–H groups in total. The van der Waals surface area contributed by atoms with Crippen molar-refractivity contribution in [3.8, 4) is 17.1 Å². The summed E-state index contributed by atoms with van der Waals surface area (Å²) in [5.41, 5.74) is 1.76. The first-order valence-electron chi connectivity index (χ1n) is 8.80. The molecule has 1 aromatic heterocycles. The van der Waals surface area contributed by atoms with Crippen LogP contribution in [0.5, 0.6) is 5.75 Å². The van der Waals surface area contributed by atoms with E-state index in [4.69, 9.17) is 4.74 Å². The summed E-state index contributed by atoms with van der Waals surface area (Å²) in [5, 5.41) is 11.4. The van der Waals surface area contributed by atoms with Crippen molar-refractivity contribution in [1.29, 1.82) is 0 Å². The molecule has 26 heavy (non-hydrogen) atoms. The first-order chi connectivity index (χ1) is 12.8. The van der Waals surface area contributed by atoms with Crippen LogP contribution >= 0.6 is 0 Å². The van der Waals surface area contributed by atoms with Crippen molar-refractivity contribution in [2.24, 2.45) is 0 Å². The molecule has 0 atom stereocenters. The summed E-state index contributed by atoms with van der Waals surface area (Å²) in [7, 11) is 0. The van der Waals surface area contributed by atoms with Gasteiger partial charge in [0.15, 0.2) is 12.4 Å². The lowest BCUT2D eigenvalue weighted by molar-refractivity contribution is -0.118. The number of carbonyl (C=O) groups is 1. The Kier molecular flexibility index (Phi) is 4.64. The molecule has 2 heterocycles. The number of amides is 1. The molecule has 1 amide bonds. The van der Waals surface area contributed by atoms with Gasteiger partial charge >= 0.3 is 0 Å². The zero-order chi connectivity index (χ0) is 17.8. The van der Waals surface area contributed by atoms with Crippen LogP contribution in [0.4, 0.5) is 5.69 Å². The molecule has 0 saturated heterocycles. The van der Waals surface area contributed by atoms with E-state index >= 15 is 0 Å². The molecule has 0 radical (unpaired) electrons. The number of fused-ring (bicyclic) bond motifs is 1. The highest BCUT2D eigenvalue weighted by atomic mass is 16.5. The molecule has 0 fully saturated rings. The Bertz CT molecular complexity index is 888. The van der Waals surface area contributed by atoms with Crippen molar-refractivity contribution >= 4 is 11.6 Å². The van der Waals surface area contributed by atoms with Crippen LogP contribution in [0.15, 0.2) is 54.6 Å². The number of aromatic nitrogens is 3. The van der Waals surface area contributed by atoms with E-state index in [-0.39, 0.29) is 12.5 Å². The number of hydrogen-bond donors (Lipinski definition) is 1. The van der Waals surface area contributed by atoms with Gasteiger partial charge < -0.3 is 14.6 Å². The number of para-hydroxylation sites is 1. The molecule has 0 aliphatic carbocycles. The summed E-state index contributed by atoms with van der Waals surface area (Å²) in [4.78, 5) is 11.9. The third-order valence-corrected chi connectivity index (χ3v) is 4.40. The van der Waals surface area contributed by atoms with E-state index in [1.165, 1.54) is 6.42 Å². The Morgan fingerprint density at radius 3 is 2.65 bits per heavy atom. The van der Waals surface area contributed by atoms with Crippen molar-refractivity contribution in [1.82, 2.24) is 14.8 Å². The van der Waals surface area contributed by atoms with Gasteiger partial charge in [-0.25, -0.2) is 0 Å². The summed E-state index contributed by atoms with van der Waals surface area (Å²) < 4.78 is 7.76. The van der Waals surface area contributed by atoms with Gasteiger partial charge in [-0.1, -0.05) is 18.2 Å². The monoisotopic (exact) mass is 348 g/mol. The van der Waals surface area contributed by atoms with Gasteiger partial charge in [0.1, 0.15) is 11.6 Å². The highest BCUT2D eigenvalue weighted by molar-refractivity contribution is 5.91. The average molecular weight is 348 g/mol. The molecule has 6 nitrogen and oxygen atoms in total. The van der Waals surface area contributed by atoms with E-state index in [2.05, 4.69) is 20.1 Å². The quantitative estimate of drug-likeness (QED) is 0.768. The Morgan fingerprint density at radius 2 is 1.85 bits per heavy atom.